The van der Waals surface area contributed by atoms with Gasteiger partial charge in [-0.15, -0.1) is 0 Å². The van der Waals surface area contributed by atoms with Gasteiger partial charge in [0.1, 0.15) is 11.6 Å². The minimum atomic E-state index is 0.625. The molecule has 2 aromatic carbocycles. The molecule has 0 spiro atoms. The second-order valence-corrected chi connectivity index (χ2v) is 6.38. The lowest BCUT2D eigenvalue weighted by molar-refractivity contribution is 0.414. The van der Waals surface area contributed by atoms with E-state index in [9.17, 15) is 0 Å². The van der Waals surface area contributed by atoms with Crippen molar-refractivity contribution in [3.63, 3.8) is 0 Å². The maximum absolute atomic E-state index is 5.19. The zero-order valence-electron chi connectivity index (χ0n) is 16.1. The highest BCUT2D eigenvalue weighted by Crippen LogP contribution is 2.24. The van der Waals surface area contributed by atoms with Gasteiger partial charge in [0.15, 0.2) is 0 Å². The first-order chi connectivity index (χ1) is 13.2. The maximum atomic E-state index is 5.19. The van der Waals surface area contributed by atoms with E-state index in [1.807, 2.05) is 18.2 Å². The summed E-state index contributed by atoms with van der Waals surface area (Å²) in [4.78, 5) is 8.91. The molecule has 0 aliphatic rings. The summed E-state index contributed by atoms with van der Waals surface area (Å²) >= 11 is 0. The van der Waals surface area contributed by atoms with Crippen LogP contribution in [0.3, 0.4) is 0 Å². The molecule has 5 heteroatoms. The average molecular weight is 362 g/mol. The van der Waals surface area contributed by atoms with Crippen molar-refractivity contribution in [2.45, 2.75) is 26.7 Å². The molecule has 0 aliphatic carbocycles. The van der Waals surface area contributed by atoms with Crippen molar-refractivity contribution in [1.29, 1.82) is 0 Å². The molecule has 27 heavy (non-hydrogen) atoms. The van der Waals surface area contributed by atoms with Gasteiger partial charge in [-0.05, 0) is 54.7 Å². The van der Waals surface area contributed by atoms with E-state index < -0.39 is 0 Å². The molecule has 1 heterocycles. The van der Waals surface area contributed by atoms with Crippen LogP contribution in [0.4, 0.5) is 17.5 Å². The molecule has 0 amide bonds. The molecule has 0 fully saturated rings. The Kier molecular flexibility index (Phi) is 6.26. The van der Waals surface area contributed by atoms with Crippen LogP contribution < -0.4 is 15.4 Å². The summed E-state index contributed by atoms with van der Waals surface area (Å²) in [6, 6.07) is 16.3. The number of methoxy groups -OCH3 is 1. The van der Waals surface area contributed by atoms with Crippen LogP contribution in [0.1, 0.15) is 23.6 Å². The Hall–Kier alpha value is -3.08. The van der Waals surface area contributed by atoms with E-state index in [0.717, 1.165) is 36.6 Å². The summed E-state index contributed by atoms with van der Waals surface area (Å²) in [6.07, 6.45) is 3.64. The molecule has 3 aromatic rings. The minimum absolute atomic E-state index is 0.625. The Morgan fingerprint density at radius 1 is 1.04 bits per heavy atom. The largest absolute Gasteiger partial charge is 0.497 e. The second-order valence-electron chi connectivity index (χ2n) is 6.38. The van der Waals surface area contributed by atoms with Crippen molar-refractivity contribution < 1.29 is 4.74 Å². The molecule has 0 saturated heterocycles. The molecule has 0 saturated carbocycles. The quantitative estimate of drug-likeness (QED) is 0.605. The van der Waals surface area contributed by atoms with Gasteiger partial charge in [-0.3, -0.25) is 0 Å². The van der Waals surface area contributed by atoms with Gasteiger partial charge < -0.3 is 15.4 Å². The van der Waals surface area contributed by atoms with Crippen LogP contribution >= 0.6 is 0 Å². The van der Waals surface area contributed by atoms with Gasteiger partial charge in [0, 0.05) is 18.4 Å². The molecule has 1 aromatic heterocycles. The smallest absolute Gasteiger partial charge is 0.224 e. The monoisotopic (exact) mass is 362 g/mol. The van der Waals surface area contributed by atoms with E-state index in [4.69, 9.17) is 4.74 Å². The third-order valence-electron chi connectivity index (χ3n) is 4.50. The summed E-state index contributed by atoms with van der Waals surface area (Å²) in [5.41, 5.74) is 4.86. The first kappa shape index (κ1) is 18.7. The molecule has 0 unspecified atom stereocenters. The summed E-state index contributed by atoms with van der Waals surface area (Å²) < 4.78 is 5.19. The van der Waals surface area contributed by atoms with Crippen molar-refractivity contribution in [3.05, 3.63) is 71.4 Å². The molecule has 3 rings (SSSR count). The van der Waals surface area contributed by atoms with Crippen LogP contribution in [-0.4, -0.2) is 23.6 Å². The fourth-order valence-corrected chi connectivity index (χ4v) is 2.95. The van der Waals surface area contributed by atoms with E-state index in [1.165, 1.54) is 16.7 Å². The number of para-hydroxylation sites is 1. The van der Waals surface area contributed by atoms with Crippen molar-refractivity contribution >= 4 is 17.5 Å². The number of hydrogen-bond donors (Lipinski definition) is 2. The van der Waals surface area contributed by atoms with Crippen molar-refractivity contribution in [1.82, 2.24) is 9.97 Å². The van der Waals surface area contributed by atoms with E-state index in [2.05, 4.69) is 64.8 Å². The van der Waals surface area contributed by atoms with Crippen LogP contribution in [0.2, 0.25) is 0 Å². The van der Waals surface area contributed by atoms with Crippen molar-refractivity contribution in [3.8, 4) is 5.75 Å². The number of nitrogens with zero attached hydrogens (tertiary/aromatic N) is 2. The highest BCUT2D eigenvalue weighted by Gasteiger charge is 2.06. The Balaban J connectivity index is 1.62. The van der Waals surface area contributed by atoms with E-state index in [0.29, 0.717) is 5.95 Å². The fraction of sp³-hybridized carbons (Fsp3) is 0.273. The molecule has 0 radical (unpaired) electrons. The summed E-state index contributed by atoms with van der Waals surface area (Å²) in [5.74, 6) is 2.29. The summed E-state index contributed by atoms with van der Waals surface area (Å²) in [7, 11) is 1.68. The molecule has 2 N–H and O–H groups in total. The lowest BCUT2D eigenvalue weighted by Crippen LogP contribution is -2.09. The van der Waals surface area contributed by atoms with Crippen LogP contribution in [-0.2, 0) is 12.8 Å². The van der Waals surface area contributed by atoms with Gasteiger partial charge in [0.05, 0.1) is 7.11 Å². The van der Waals surface area contributed by atoms with Gasteiger partial charge in [0.2, 0.25) is 5.95 Å². The Morgan fingerprint density at radius 3 is 2.59 bits per heavy atom. The van der Waals surface area contributed by atoms with Crippen molar-refractivity contribution in [2.24, 2.45) is 0 Å². The number of benzene rings is 2. The number of anilines is 3. The third kappa shape index (κ3) is 4.97. The van der Waals surface area contributed by atoms with E-state index >= 15 is 0 Å². The normalized spacial score (nSPS) is 10.5. The lowest BCUT2D eigenvalue weighted by atomic mass is 10.1. The zero-order valence-corrected chi connectivity index (χ0v) is 16.1. The van der Waals surface area contributed by atoms with Crippen LogP contribution in [0.5, 0.6) is 5.75 Å². The first-order valence-corrected chi connectivity index (χ1v) is 9.25. The molecule has 0 aliphatic heterocycles. The highest BCUT2D eigenvalue weighted by atomic mass is 16.5. The SMILES string of the molecule is CCc1cccc(C)c1Nc1ccnc(NCCc2ccc(OC)cc2)n1. The second kappa shape index (κ2) is 9.03. The molecular formula is C22H26N4O. The van der Waals surface area contributed by atoms with Gasteiger partial charge in [0.25, 0.3) is 0 Å². The predicted octanol–water partition coefficient (Wildman–Crippen LogP) is 4.75. The van der Waals surface area contributed by atoms with Gasteiger partial charge in [-0.2, -0.15) is 4.98 Å². The summed E-state index contributed by atoms with van der Waals surface area (Å²) in [5, 5.41) is 6.75. The third-order valence-corrected chi connectivity index (χ3v) is 4.50. The molecule has 140 valence electrons. The number of rotatable bonds is 8. The Morgan fingerprint density at radius 2 is 1.85 bits per heavy atom. The maximum Gasteiger partial charge on any atom is 0.224 e. The number of hydrogen-bond acceptors (Lipinski definition) is 5. The number of aromatic nitrogens is 2. The van der Waals surface area contributed by atoms with Crippen molar-refractivity contribution in [2.75, 3.05) is 24.3 Å². The van der Waals surface area contributed by atoms with Crippen LogP contribution in [0.25, 0.3) is 0 Å². The Labute approximate surface area is 160 Å². The molecule has 0 bridgehead atoms. The fourth-order valence-electron chi connectivity index (χ4n) is 2.95. The zero-order chi connectivity index (χ0) is 19.1. The summed E-state index contributed by atoms with van der Waals surface area (Å²) in [6.45, 7) is 5.03. The van der Waals surface area contributed by atoms with E-state index in [-0.39, 0.29) is 0 Å². The Bertz CT molecular complexity index is 878. The van der Waals surface area contributed by atoms with Crippen LogP contribution in [0.15, 0.2) is 54.7 Å². The van der Waals surface area contributed by atoms with Gasteiger partial charge >= 0.3 is 0 Å². The average Bonchev–Trinajstić information content (AvgIpc) is 2.70. The topological polar surface area (TPSA) is 59.1 Å². The molecule has 0 atom stereocenters. The highest BCUT2D eigenvalue weighted by molar-refractivity contribution is 5.65. The standard InChI is InChI=1S/C22H26N4O/c1-4-18-7-5-6-16(2)21(18)25-20-13-15-24-22(26-20)23-14-12-17-8-10-19(27-3)11-9-17/h5-11,13,15H,4,12,14H2,1-3H3,(H2,23,24,25,26). The number of ether oxygens (including phenoxy) is 1. The lowest BCUT2D eigenvalue weighted by Gasteiger charge is -2.14. The van der Waals surface area contributed by atoms with Crippen LogP contribution in [0, 0.1) is 6.92 Å². The van der Waals surface area contributed by atoms with Gasteiger partial charge in [-0.1, -0.05) is 37.3 Å². The number of nitrogens with one attached hydrogen (secondary N) is 2. The minimum Gasteiger partial charge on any atom is -0.497 e. The molecule has 5 nitrogen and oxygen atoms in total. The molecular weight excluding hydrogens is 336 g/mol. The van der Waals surface area contributed by atoms with Gasteiger partial charge in [-0.25, -0.2) is 4.98 Å². The van der Waals surface area contributed by atoms with E-state index in [1.54, 1.807) is 13.3 Å². The first-order valence-electron chi connectivity index (χ1n) is 9.25. The predicted molar refractivity (Wildman–Crippen MR) is 111 cm³/mol. The number of aryl methyl sites for hydroxylation is 2.